The van der Waals surface area contributed by atoms with Gasteiger partial charge in [-0.25, -0.2) is 9.97 Å². The van der Waals surface area contributed by atoms with Crippen LogP contribution in [-0.4, -0.2) is 54.9 Å². The van der Waals surface area contributed by atoms with Crippen LogP contribution in [0.4, 0.5) is 0 Å². The van der Waals surface area contributed by atoms with Gasteiger partial charge in [-0.2, -0.15) is 10.2 Å². The molecule has 0 fully saturated rings. The van der Waals surface area contributed by atoms with Crippen LogP contribution in [-0.2, 0) is 13.1 Å². The number of benzene rings is 2. The second kappa shape index (κ2) is 8.99. The smallest absolute Gasteiger partial charge is 0.273 e. The first-order valence-electron chi connectivity index (χ1n) is 11.1. The third-order valence-electron chi connectivity index (χ3n) is 6.12. The quantitative estimate of drug-likeness (QED) is 0.373. The summed E-state index contributed by atoms with van der Waals surface area (Å²) < 4.78 is 7.45. The van der Waals surface area contributed by atoms with Crippen LogP contribution >= 0.6 is 11.6 Å². The molecule has 5 aromatic rings. The molecule has 3 aromatic heterocycles. The number of aromatic nitrogens is 6. The maximum atomic E-state index is 13.7. The number of rotatable bonds is 6. The van der Waals surface area contributed by atoms with Gasteiger partial charge in [-0.15, -0.1) is 0 Å². The van der Waals surface area contributed by atoms with Gasteiger partial charge in [-0.1, -0.05) is 11.6 Å². The summed E-state index contributed by atoms with van der Waals surface area (Å²) in [5.41, 5.74) is 4.39. The molecule has 0 spiro atoms. The molecule has 5 rings (SSSR count). The monoisotopic (exact) mass is 489 g/mol. The number of hydrogen-bond acceptors (Lipinski definition) is 6. The van der Waals surface area contributed by atoms with Crippen LogP contribution in [0.5, 0.6) is 5.75 Å². The van der Waals surface area contributed by atoms with Gasteiger partial charge in [0.2, 0.25) is 0 Å². The van der Waals surface area contributed by atoms with Gasteiger partial charge in [-0.3, -0.25) is 14.6 Å². The van der Waals surface area contributed by atoms with Gasteiger partial charge in [0.05, 0.1) is 35.9 Å². The second-order valence-corrected chi connectivity index (χ2v) is 8.74. The second-order valence-electron chi connectivity index (χ2n) is 8.30. The normalized spacial score (nSPS) is 11.3. The average molecular weight is 490 g/mol. The highest BCUT2D eigenvalue weighted by molar-refractivity contribution is 6.31. The van der Waals surface area contributed by atoms with Crippen molar-refractivity contribution in [1.82, 2.24) is 34.8 Å². The van der Waals surface area contributed by atoms with E-state index in [4.69, 9.17) is 26.3 Å². The number of aryl methyl sites for hydroxylation is 1. The molecule has 2 aromatic carbocycles. The molecule has 0 aliphatic rings. The molecule has 1 amide bonds. The molecule has 0 unspecified atom stereocenters. The third kappa shape index (κ3) is 4.08. The number of halogens is 1. The van der Waals surface area contributed by atoms with E-state index in [2.05, 4.69) is 15.3 Å². The fourth-order valence-electron chi connectivity index (χ4n) is 4.18. The minimum absolute atomic E-state index is 0.237. The average Bonchev–Trinajstić information content (AvgIpc) is 3.48. The SMILES string of the molecule is CCn1ncc(CN(C)C(=O)c2nc(-c3cc(OC)c4cn[nH]c4c3)nc3ccc(Cl)cc23)c1C. The fourth-order valence-corrected chi connectivity index (χ4v) is 4.35. The lowest BCUT2D eigenvalue weighted by Gasteiger charge is -2.18. The van der Waals surface area contributed by atoms with Crippen molar-refractivity contribution in [3.8, 4) is 17.1 Å². The summed E-state index contributed by atoms with van der Waals surface area (Å²) in [4.78, 5) is 24.7. The van der Waals surface area contributed by atoms with E-state index >= 15 is 0 Å². The van der Waals surface area contributed by atoms with E-state index in [0.29, 0.717) is 39.6 Å². The molecule has 10 heteroatoms. The van der Waals surface area contributed by atoms with Crippen LogP contribution < -0.4 is 4.74 Å². The molecule has 178 valence electrons. The predicted octanol–water partition coefficient (Wildman–Crippen LogP) is 4.63. The highest BCUT2D eigenvalue weighted by Crippen LogP contribution is 2.32. The third-order valence-corrected chi connectivity index (χ3v) is 6.35. The lowest BCUT2D eigenvalue weighted by Crippen LogP contribution is -2.27. The minimum atomic E-state index is -0.237. The van der Waals surface area contributed by atoms with Gasteiger partial charge < -0.3 is 9.64 Å². The molecule has 35 heavy (non-hydrogen) atoms. The first-order chi connectivity index (χ1) is 16.9. The lowest BCUT2D eigenvalue weighted by atomic mass is 10.1. The predicted molar refractivity (Wildman–Crippen MR) is 135 cm³/mol. The van der Waals surface area contributed by atoms with Crippen molar-refractivity contribution >= 4 is 39.3 Å². The molecule has 0 aliphatic heterocycles. The highest BCUT2D eigenvalue weighted by Gasteiger charge is 2.22. The summed E-state index contributed by atoms with van der Waals surface area (Å²) in [5.74, 6) is 0.806. The number of amides is 1. The van der Waals surface area contributed by atoms with Gasteiger partial charge in [0.15, 0.2) is 5.82 Å². The molecule has 3 heterocycles. The lowest BCUT2D eigenvalue weighted by molar-refractivity contribution is 0.0781. The Labute approximate surface area is 206 Å². The Hall–Kier alpha value is -3.98. The fraction of sp³-hybridized carbons (Fsp3) is 0.240. The Balaban J connectivity index is 1.61. The molecule has 1 N–H and O–H groups in total. The van der Waals surface area contributed by atoms with Crippen molar-refractivity contribution in [2.45, 2.75) is 26.9 Å². The topological polar surface area (TPSA) is 102 Å². The van der Waals surface area contributed by atoms with E-state index < -0.39 is 0 Å². The number of hydrogen-bond donors (Lipinski definition) is 1. The molecule has 0 bridgehead atoms. The van der Waals surface area contributed by atoms with Crippen molar-refractivity contribution in [3.05, 3.63) is 64.7 Å². The van der Waals surface area contributed by atoms with E-state index in [1.807, 2.05) is 30.7 Å². The molecule has 0 saturated heterocycles. The van der Waals surface area contributed by atoms with Crippen molar-refractivity contribution in [2.24, 2.45) is 0 Å². The van der Waals surface area contributed by atoms with Crippen molar-refractivity contribution in [3.63, 3.8) is 0 Å². The molecule has 0 aliphatic carbocycles. The molecule has 9 nitrogen and oxygen atoms in total. The number of carbonyl (C=O) groups excluding carboxylic acids is 1. The number of fused-ring (bicyclic) bond motifs is 2. The van der Waals surface area contributed by atoms with Crippen LogP contribution in [0.3, 0.4) is 0 Å². The molecule has 0 atom stereocenters. The Morgan fingerprint density at radius 1 is 1.17 bits per heavy atom. The van der Waals surface area contributed by atoms with Crippen molar-refractivity contribution < 1.29 is 9.53 Å². The molecule has 0 saturated carbocycles. The summed E-state index contributed by atoms with van der Waals surface area (Å²) in [5, 5.41) is 13.4. The molecular weight excluding hydrogens is 466 g/mol. The summed E-state index contributed by atoms with van der Waals surface area (Å²) in [6, 6.07) is 9.00. The number of nitrogens with one attached hydrogen (secondary N) is 1. The van der Waals surface area contributed by atoms with Gasteiger partial charge in [-0.05, 0) is 44.2 Å². The van der Waals surface area contributed by atoms with E-state index in [0.717, 1.165) is 28.7 Å². The standard InChI is InChI=1S/C25H24ClN7O2/c1-5-33-14(2)16(11-28-33)13-32(3)25(34)23-18-10-17(26)6-7-20(18)29-24(30-23)15-8-21-19(12-27-31-21)22(9-15)35-4/h6-12H,5,13H2,1-4H3,(H,27,31). The minimum Gasteiger partial charge on any atom is -0.496 e. The summed E-state index contributed by atoms with van der Waals surface area (Å²) >= 11 is 6.27. The van der Waals surface area contributed by atoms with Crippen LogP contribution in [0.1, 0.15) is 28.7 Å². The zero-order valence-corrected chi connectivity index (χ0v) is 20.6. The number of carbonyl (C=O) groups is 1. The van der Waals surface area contributed by atoms with Crippen molar-refractivity contribution in [1.29, 1.82) is 0 Å². The summed E-state index contributed by atoms with van der Waals surface area (Å²) in [7, 11) is 3.35. The Kier molecular flexibility index (Phi) is 5.86. The zero-order valence-electron chi connectivity index (χ0n) is 19.8. The van der Waals surface area contributed by atoms with E-state index in [-0.39, 0.29) is 11.6 Å². The first-order valence-corrected chi connectivity index (χ1v) is 11.5. The summed E-state index contributed by atoms with van der Waals surface area (Å²) in [6.07, 6.45) is 3.50. The first kappa shape index (κ1) is 22.8. The van der Waals surface area contributed by atoms with Gasteiger partial charge in [0.25, 0.3) is 5.91 Å². The van der Waals surface area contributed by atoms with Crippen LogP contribution in [0.2, 0.25) is 5.02 Å². The van der Waals surface area contributed by atoms with Gasteiger partial charge >= 0.3 is 0 Å². The number of H-pyrrole nitrogens is 1. The number of nitrogens with zero attached hydrogens (tertiary/aromatic N) is 6. The Morgan fingerprint density at radius 3 is 2.74 bits per heavy atom. The maximum absolute atomic E-state index is 13.7. The zero-order chi connectivity index (χ0) is 24.7. The van der Waals surface area contributed by atoms with Crippen LogP contribution in [0, 0.1) is 6.92 Å². The maximum Gasteiger partial charge on any atom is 0.273 e. The van der Waals surface area contributed by atoms with Crippen LogP contribution in [0.25, 0.3) is 33.2 Å². The van der Waals surface area contributed by atoms with Crippen LogP contribution in [0.15, 0.2) is 42.7 Å². The van der Waals surface area contributed by atoms with E-state index in [1.165, 1.54) is 0 Å². The van der Waals surface area contributed by atoms with Gasteiger partial charge in [0, 0.05) is 47.4 Å². The highest BCUT2D eigenvalue weighted by atomic mass is 35.5. The Bertz CT molecular complexity index is 1570. The number of ether oxygens (including phenoxy) is 1. The summed E-state index contributed by atoms with van der Waals surface area (Å²) in [6.45, 7) is 5.21. The number of aromatic amines is 1. The Morgan fingerprint density at radius 2 is 2.00 bits per heavy atom. The van der Waals surface area contributed by atoms with Crippen molar-refractivity contribution in [2.75, 3.05) is 14.2 Å². The molecular formula is C25H24ClN7O2. The van der Waals surface area contributed by atoms with E-state index in [9.17, 15) is 4.79 Å². The largest absolute Gasteiger partial charge is 0.496 e. The van der Waals surface area contributed by atoms with E-state index in [1.54, 1.807) is 49.7 Å². The number of methoxy groups -OCH3 is 1. The van der Waals surface area contributed by atoms with Gasteiger partial charge in [0.1, 0.15) is 11.4 Å². The molecule has 0 radical (unpaired) electrons.